The lowest BCUT2D eigenvalue weighted by Crippen LogP contribution is -2.32. The molecule has 0 aliphatic rings. The van der Waals surface area contributed by atoms with Crippen molar-refractivity contribution >= 4 is 34.5 Å². The molecular weight excluding hydrogens is 258 g/mol. The van der Waals surface area contributed by atoms with Gasteiger partial charge >= 0.3 is 0 Å². The van der Waals surface area contributed by atoms with Crippen LogP contribution in [0.5, 0.6) is 0 Å². The van der Waals surface area contributed by atoms with Gasteiger partial charge in [-0.25, -0.2) is 0 Å². The lowest BCUT2D eigenvalue weighted by Gasteiger charge is -2.18. The Kier molecular flexibility index (Phi) is 5.30. The second-order valence-electron chi connectivity index (χ2n) is 4.75. The maximum Gasteiger partial charge on any atom is 0.234 e. The van der Waals surface area contributed by atoms with Crippen LogP contribution >= 0.6 is 12.2 Å². The Hall–Kier alpha value is -1.62. The molecule has 0 bridgehead atoms. The molecule has 0 saturated carbocycles. The molecule has 5 heteroatoms. The maximum atomic E-state index is 12.1. The Bertz CT molecular complexity index is 486. The van der Waals surface area contributed by atoms with Crippen LogP contribution in [0.4, 0.5) is 11.4 Å². The fraction of sp³-hybridized carbons (Fsp3) is 0.429. The molecule has 0 spiro atoms. The smallest absolute Gasteiger partial charge is 0.234 e. The molecular formula is C14H21N3OS. The first-order chi connectivity index (χ1) is 8.86. The average molecular weight is 279 g/mol. The summed E-state index contributed by atoms with van der Waals surface area (Å²) >= 11 is 4.91. The van der Waals surface area contributed by atoms with Crippen molar-refractivity contribution in [3.05, 3.63) is 23.8 Å². The molecule has 1 atom stereocenters. The summed E-state index contributed by atoms with van der Waals surface area (Å²) in [6.07, 6.45) is 0.605. The van der Waals surface area contributed by atoms with Crippen molar-refractivity contribution < 1.29 is 4.79 Å². The third kappa shape index (κ3) is 3.92. The van der Waals surface area contributed by atoms with Crippen molar-refractivity contribution in [3.63, 3.8) is 0 Å². The number of hydrogen-bond donors (Lipinski definition) is 2. The van der Waals surface area contributed by atoms with Crippen molar-refractivity contribution in [3.8, 4) is 0 Å². The normalized spacial score (nSPS) is 11.8. The number of nitrogens with zero attached hydrogens (tertiary/aromatic N) is 1. The molecule has 0 radical (unpaired) electrons. The average Bonchev–Trinajstić information content (AvgIpc) is 2.31. The predicted octanol–water partition coefficient (Wildman–Crippen LogP) is 2.31. The molecule has 1 amide bonds. The Morgan fingerprint density at radius 2 is 2.11 bits per heavy atom. The van der Waals surface area contributed by atoms with Gasteiger partial charge < -0.3 is 16.0 Å². The van der Waals surface area contributed by atoms with Crippen molar-refractivity contribution in [1.29, 1.82) is 0 Å². The van der Waals surface area contributed by atoms with Gasteiger partial charge in [0.05, 0.1) is 10.9 Å². The summed E-state index contributed by atoms with van der Waals surface area (Å²) in [5.41, 5.74) is 8.55. The highest BCUT2D eigenvalue weighted by Gasteiger charge is 2.19. The first kappa shape index (κ1) is 15.4. The number of carbonyl (C=O) groups excluding carboxylic acids is 1. The number of anilines is 2. The standard InChI is InChI=1S/C14H21N3OS/c1-5-11(13(15)19)14(18)16-10-7-6-9(2)12(8-10)17(3)4/h6-8,11H,5H2,1-4H3,(H2,15,19)(H,16,18). The summed E-state index contributed by atoms with van der Waals surface area (Å²) in [7, 11) is 3.94. The van der Waals surface area contributed by atoms with Crippen LogP contribution in [0, 0.1) is 12.8 Å². The summed E-state index contributed by atoms with van der Waals surface area (Å²) in [6, 6.07) is 5.80. The summed E-state index contributed by atoms with van der Waals surface area (Å²) in [5, 5.41) is 2.86. The van der Waals surface area contributed by atoms with E-state index in [4.69, 9.17) is 18.0 Å². The van der Waals surface area contributed by atoms with Crippen LogP contribution in [0.1, 0.15) is 18.9 Å². The van der Waals surface area contributed by atoms with Gasteiger partial charge in [0.1, 0.15) is 0 Å². The van der Waals surface area contributed by atoms with Gasteiger partial charge in [0.25, 0.3) is 0 Å². The van der Waals surface area contributed by atoms with E-state index in [0.29, 0.717) is 6.42 Å². The fourth-order valence-electron chi connectivity index (χ4n) is 1.91. The van der Waals surface area contributed by atoms with Crippen molar-refractivity contribution in [2.24, 2.45) is 11.7 Å². The van der Waals surface area contributed by atoms with E-state index in [-0.39, 0.29) is 10.9 Å². The van der Waals surface area contributed by atoms with Crippen LogP contribution in [-0.2, 0) is 4.79 Å². The Labute approximate surface area is 120 Å². The van der Waals surface area contributed by atoms with Gasteiger partial charge in [-0.2, -0.15) is 0 Å². The molecule has 0 fully saturated rings. The van der Waals surface area contributed by atoms with Gasteiger partial charge in [0.15, 0.2) is 0 Å². The first-order valence-corrected chi connectivity index (χ1v) is 6.65. The van der Waals surface area contributed by atoms with Crippen LogP contribution < -0.4 is 16.0 Å². The highest BCUT2D eigenvalue weighted by molar-refractivity contribution is 7.80. The number of amides is 1. The fourth-order valence-corrected chi connectivity index (χ4v) is 2.19. The van der Waals surface area contributed by atoms with Crippen molar-refractivity contribution in [2.75, 3.05) is 24.3 Å². The number of benzene rings is 1. The van der Waals surface area contributed by atoms with Crippen molar-refractivity contribution in [1.82, 2.24) is 0 Å². The zero-order valence-electron chi connectivity index (χ0n) is 11.9. The zero-order valence-corrected chi connectivity index (χ0v) is 12.7. The summed E-state index contributed by atoms with van der Waals surface area (Å²) in [4.78, 5) is 14.3. The number of nitrogens with one attached hydrogen (secondary N) is 1. The largest absolute Gasteiger partial charge is 0.393 e. The van der Waals surface area contributed by atoms with E-state index in [9.17, 15) is 4.79 Å². The van der Waals surface area contributed by atoms with Crippen LogP contribution in [0.25, 0.3) is 0 Å². The molecule has 3 N–H and O–H groups in total. The number of thiocarbonyl (C=S) groups is 1. The van der Waals surface area contributed by atoms with E-state index in [1.54, 1.807) is 0 Å². The van der Waals surface area contributed by atoms with E-state index in [1.807, 2.05) is 51.0 Å². The molecule has 4 nitrogen and oxygen atoms in total. The molecule has 0 saturated heterocycles. The third-order valence-corrected chi connectivity index (χ3v) is 3.31. The Morgan fingerprint density at radius 1 is 1.47 bits per heavy atom. The molecule has 1 aromatic rings. The number of rotatable bonds is 5. The molecule has 0 aliphatic heterocycles. The van der Waals surface area contributed by atoms with Gasteiger partial charge in [-0.15, -0.1) is 0 Å². The van der Waals surface area contributed by atoms with Gasteiger partial charge in [-0.3, -0.25) is 4.79 Å². The minimum atomic E-state index is -0.417. The molecule has 1 rings (SSSR count). The van der Waals surface area contributed by atoms with Crippen LogP contribution in [0.3, 0.4) is 0 Å². The molecule has 1 aromatic carbocycles. The maximum absolute atomic E-state index is 12.1. The van der Waals surface area contributed by atoms with E-state index < -0.39 is 5.92 Å². The Morgan fingerprint density at radius 3 is 2.58 bits per heavy atom. The minimum absolute atomic E-state index is 0.149. The van der Waals surface area contributed by atoms with Gasteiger partial charge in [-0.1, -0.05) is 25.2 Å². The van der Waals surface area contributed by atoms with E-state index in [0.717, 1.165) is 16.9 Å². The number of aryl methyl sites for hydroxylation is 1. The van der Waals surface area contributed by atoms with E-state index in [1.165, 1.54) is 0 Å². The van der Waals surface area contributed by atoms with Gasteiger partial charge in [-0.05, 0) is 31.0 Å². The molecule has 0 aliphatic carbocycles. The Balaban J connectivity index is 2.91. The summed E-state index contributed by atoms with van der Waals surface area (Å²) in [6.45, 7) is 3.93. The third-order valence-electron chi connectivity index (χ3n) is 3.03. The molecule has 19 heavy (non-hydrogen) atoms. The molecule has 104 valence electrons. The van der Waals surface area contributed by atoms with Crippen LogP contribution in [0.15, 0.2) is 18.2 Å². The van der Waals surface area contributed by atoms with Crippen LogP contribution in [0.2, 0.25) is 0 Å². The number of hydrogen-bond acceptors (Lipinski definition) is 3. The molecule has 1 unspecified atom stereocenters. The number of carbonyl (C=O) groups is 1. The minimum Gasteiger partial charge on any atom is -0.393 e. The first-order valence-electron chi connectivity index (χ1n) is 6.25. The highest BCUT2D eigenvalue weighted by Crippen LogP contribution is 2.23. The van der Waals surface area contributed by atoms with Crippen LogP contribution in [-0.4, -0.2) is 25.0 Å². The quantitative estimate of drug-likeness (QED) is 0.812. The predicted molar refractivity (Wildman–Crippen MR) is 84.7 cm³/mol. The second-order valence-corrected chi connectivity index (χ2v) is 5.22. The van der Waals surface area contributed by atoms with Gasteiger partial charge in [0, 0.05) is 25.5 Å². The zero-order chi connectivity index (χ0) is 14.6. The lowest BCUT2D eigenvalue weighted by atomic mass is 10.1. The van der Waals surface area contributed by atoms with Crippen molar-refractivity contribution in [2.45, 2.75) is 20.3 Å². The summed E-state index contributed by atoms with van der Waals surface area (Å²) < 4.78 is 0. The highest BCUT2D eigenvalue weighted by atomic mass is 32.1. The molecule has 0 aromatic heterocycles. The topological polar surface area (TPSA) is 58.4 Å². The molecule has 0 heterocycles. The number of nitrogens with two attached hydrogens (primary N) is 1. The van der Waals surface area contributed by atoms with E-state index in [2.05, 4.69) is 5.32 Å². The lowest BCUT2D eigenvalue weighted by molar-refractivity contribution is -0.118. The van der Waals surface area contributed by atoms with E-state index >= 15 is 0 Å². The summed E-state index contributed by atoms with van der Waals surface area (Å²) in [5.74, 6) is -0.567. The monoisotopic (exact) mass is 279 g/mol. The van der Waals surface area contributed by atoms with Gasteiger partial charge in [0.2, 0.25) is 5.91 Å². The second kappa shape index (κ2) is 6.52. The SMILES string of the molecule is CCC(C(=O)Nc1ccc(C)c(N(C)C)c1)C(N)=S.